The van der Waals surface area contributed by atoms with Crippen molar-refractivity contribution in [1.82, 2.24) is 0 Å². The van der Waals surface area contributed by atoms with E-state index in [2.05, 4.69) is 158 Å². The third-order valence-electron chi connectivity index (χ3n) is 9.20. The highest BCUT2D eigenvalue weighted by Gasteiger charge is 2.47. The standard InChI is InChI=1S/C42H37NO/c1-30(31-14-4-2-5-15-31)24-29-39(43)33-27-25-32(26-28-33)35-18-8-9-19-36(35)42(34-16-6-3-7-17-34)37-20-10-12-22-40(37)44-41-23-13-11-21-38(41)42/h2-7,9-14,16-17,19-29,31,39H,1,8,15,18,43H2/b29-24-. The Hall–Kier alpha value is -4.92. The number of nitrogens with two attached hydrogens (primary N) is 1. The van der Waals surface area contributed by atoms with E-state index in [1.54, 1.807) is 0 Å². The van der Waals surface area contributed by atoms with Crippen LogP contribution in [0.1, 0.15) is 53.1 Å². The van der Waals surface area contributed by atoms with Gasteiger partial charge in [-0.25, -0.2) is 0 Å². The van der Waals surface area contributed by atoms with E-state index in [4.69, 9.17) is 10.5 Å². The maximum absolute atomic E-state index is 6.65. The normalized spacial score (nSPS) is 18.9. The number of allylic oxidation sites excluding steroid dienone is 10. The van der Waals surface area contributed by atoms with Gasteiger partial charge in [-0.2, -0.15) is 0 Å². The van der Waals surface area contributed by atoms with Gasteiger partial charge < -0.3 is 10.5 Å². The minimum Gasteiger partial charge on any atom is -0.457 e. The van der Waals surface area contributed by atoms with Gasteiger partial charge >= 0.3 is 0 Å². The Labute approximate surface area is 260 Å². The zero-order chi connectivity index (χ0) is 29.9. The number of para-hydroxylation sites is 2. The first kappa shape index (κ1) is 27.9. The summed E-state index contributed by atoms with van der Waals surface area (Å²) >= 11 is 0. The fourth-order valence-corrected chi connectivity index (χ4v) is 6.98. The molecule has 2 aliphatic carbocycles. The minimum atomic E-state index is -0.528. The van der Waals surface area contributed by atoms with Gasteiger partial charge in [0.2, 0.25) is 0 Å². The van der Waals surface area contributed by atoms with Crippen molar-refractivity contribution in [1.29, 1.82) is 0 Å². The molecule has 216 valence electrons. The molecule has 0 spiro atoms. The van der Waals surface area contributed by atoms with Gasteiger partial charge in [-0.1, -0.05) is 146 Å². The van der Waals surface area contributed by atoms with Crippen LogP contribution in [0.15, 0.2) is 169 Å². The van der Waals surface area contributed by atoms with Gasteiger partial charge in [0.1, 0.15) is 11.5 Å². The number of hydrogen-bond donors (Lipinski definition) is 1. The van der Waals surface area contributed by atoms with Crippen LogP contribution in [0.2, 0.25) is 0 Å². The topological polar surface area (TPSA) is 35.2 Å². The summed E-state index contributed by atoms with van der Waals surface area (Å²) in [5, 5.41) is 0. The molecular formula is C42H37NO. The van der Waals surface area contributed by atoms with Crippen LogP contribution in [-0.4, -0.2) is 0 Å². The van der Waals surface area contributed by atoms with Gasteiger partial charge in [0.05, 0.1) is 5.41 Å². The molecule has 0 saturated carbocycles. The quantitative estimate of drug-likeness (QED) is 0.224. The summed E-state index contributed by atoms with van der Waals surface area (Å²) in [6.07, 6.45) is 20.3. The Kier molecular flexibility index (Phi) is 7.60. The molecule has 2 N–H and O–H groups in total. The summed E-state index contributed by atoms with van der Waals surface area (Å²) in [5.41, 5.74) is 15.7. The molecule has 3 aliphatic rings. The molecule has 1 heterocycles. The first-order chi connectivity index (χ1) is 21.7. The van der Waals surface area contributed by atoms with E-state index >= 15 is 0 Å². The van der Waals surface area contributed by atoms with Crippen molar-refractivity contribution >= 4 is 5.57 Å². The molecule has 0 bridgehead atoms. The van der Waals surface area contributed by atoms with Crippen molar-refractivity contribution in [2.24, 2.45) is 11.7 Å². The molecule has 2 atom stereocenters. The maximum atomic E-state index is 6.65. The lowest BCUT2D eigenvalue weighted by molar-refractivity contribution is 0.434. The number of hydrogen-bond acceptors (Lipinski definition) is 2. The smallest absolute Gasteiger partial charge is 0.132 e. The first-order valence-corrected chi connectivity index (χ1v) is 15.5. The summed E-state index contributed by atoms with van der Waals surface area (Å²) in [6, 6.07) is 36.6. The van der Waals surface area contributed by atoms with Gasteiger partial charge in [-0.3, -0.25) is 0 Å². The molecule has 2 nitrogen and oxygen atoms in total. The highest BCUT2D eigenvalue weighted by molar-refractivity contribution is 5.82. The molecule has 7 rings (SSSR count). The molecule has 0 fully saturated rings. The average Bonchev–Trinajstić information content (AvgIpc) is 3.10. The average molecular weight is 572 g/mol. The van der Waals surface area contributed by atoms with Crippen molar-refractivity contribution in [3.8, 4) is 11.5 Å². The van der Waals surface area contributed by atoms with Crippen LogP contribution in [0.4, 0.5) is 0 Å². The Balaban J connectivity index is 1.33. The van der Waals surface area contributed by atoms with Crippen LogP contribution < -0.4 is 10.5 Å². The van der Waals surface area contributed by atoms with Crippen molar-refractivity contribution in [3.63, 3.8) is 0 Å². The van der Waals surface area contributed by atoms with Crippen LogP contribution in [0.25, 0.3) is 5.57 Å². The third-order valence-corrected chi connectivity index (χ3v) is 9.20. The van der Waals surface area contributed by atoms with E-state index in [9.17, 15) is 0 Å². The minimum absolute atomic E-state index is 0.200. The summed E-state index contributed by atoms with van der Waals surface area (Å²) in [5.74, 6) is 2.14. The van der Waals surface area contributed by atoms with Crippen LogP contribution in [0.3, 0.4) is 0 Å². The van der Waals surface area contributed by atoms with Crippen LogP contribution in [0.5, 0.6) is 11.5 Å². The van der Waals surface area contributed by atoms with Crippen molar-refractivity contribution < 1.29 is 4.74 Å². The molecule has 0 saturated heterocycles. The maximum Gasteiger partial charge on any atom is 0.132 e. The SMILES string of the molecule is C=C(/C=C\C(N)c1ccc(C2=C(C3(c4ccccc4)c4ccccc4Oc4ccccc43)C=CCC2)cc1)C1C=CC=CC1. The highest BCUT2D eigenvalue weighted by atomic mass is 16.5. The molecule has 2 heteroatoms. The Morgan fingerprint density at radius 2 is 1.50 bits per heavy atom. The van der Waals surface area contributed by atoms with Crippen LogP contribution in [-0.2, 0) is 5.41 Å². The monoisotopic (exact) mass is 571 g/mol. The summed E-state index contributed by atoms with van der Waals surface area (Å²) < 4.78 is 6.53. The number of benzene rings is 4. The molecule has 0 amide bonds. The zero-order valence-electron chi connectivity index (χ0n) is 24.9. The van der Waals surface area contributed by atoms with Gasteiger partial charge in [-0.05, 0) is 64.8 Å². The second-order valence-corrected chi connectivity index (χ2v) is 11.8. The lowest BCUT2D eigenvalue weighted by Gasteiger charge is -2.43. The Morgan fingerprint density at radius 1 is 0.818 bits per heavy atom. The van der Waals surface area contributed by atoms with E-state index in [0.29, 0.717) is 5.92 Å². The predicted octanol–water partition coefficient (Wildman–Crippen LogP) is 10.2. The third kappa shape index (κ3) is 4.92. The fraction of sp³-hybridized carbons (Fsp3) is 0.143. The van der Waals surface area contributed by atoms with Gasteiger partial charge in [-0.15, -0.1) is 0 Å². The highest BCUT2D eigenvalue weighted by Crippen LogP contribution is 2.57. The van der Waals surface area contributed by atoms with E-state index < -0.39 is 5.41 Å². The van der Waals surface area contributed by atoms with Crippen LogP contribution in [0, 0.1) is 5.92 Å². The van der Waals surface area contributed by atoms with Crippen molar-refractivity contribution in [2.45, 2.75) is 30.7 Å². The number of fused-ring (bicyclic) bond motifs is 2. The molecule has 4 aromatic carbocycles. The number of rotatable bonds is 7. The molecule has 0 radical (unpaired) electrons. The van der Waals surface area contributed by atoms with E-state index in [-0.39, 0.29) is 6.04 Å². The largest absolute Gasteiger partial charge is 0.457 e. The second-order valence-electron chi connectivity index (χ2n) is 11.8. The summed E-state index contributed by atoms with van der Waals surface area (Å²) in [7, 11) is 0. The van der Waals surface area contributed by atoms with Gasteiger partial charge in [0.15, 0.2) is 0 Å². The van der Waals surface area contributed by atoms with Crippen molar-refractivity contribution in [2.75, 3.05) is 0 Å². The molecule has 2 unspecified atom stereocenters. The summed E-state index contributed by atoms with van der Waals surface area (Å²) in [6.45, 7) is 4.29. The fourth-order valence-electron chi connectivity index (χ4n) is 6.98. The lowest BCUT2D eigenvalue weighted by atomic mass is 9.61. The molecule has 44 heavy (non-hydrogen) atoms. The molecule has 0 aromatic heterocycles. The van der Waals surface area contributed by atoms with E-state index in [1.807, 2.05) is 0 Å². The number of ether oxygens (including phenoxy) is 1. The van der Waals surface area contributed by atoms with Gasteiger partial charge in [0.25, 0.3) is 0 Å². The zero-order valence-corrected chi connectivity index (χ0v) is 24.9. The van der Waals surface area contributed by atoms with E-state index in [0.717, 1.165) is 53.0 Å². The Bertz CT molecular complexity index is 1790. The molecular weight excluding hydrogens is 534 g/mol. The summed E-state index contributed by atoms with van der Waals surface area (Å²) in [4.78, 5) is 0. The molecule has 4 aromatic rings. The Morgan fingerprint density at radius 3 is 2.18 bits per heavy atom. The van der Waals surface area contributed by atoms with Gasteiger partial charge in [0, 0.05) is 23.1 Å². The van der Waals surface area contributed by atoms with Crippen molar-refractivity contribution in [3.05, 3.63) is 197 Å². The predicted molar refractivity (Wildman–Crippen MR) is 183 cm³/mol. The second kappa shape index (κ2) is 12.0. The first-order valence-electron chi connectivity index (χ1n) is 15.5. The molecule has 1 aliphatic heterocycles. The van der Waals surface area contributed by atoms with Crippen LogP contribution >= 0.6 is 0 Å². The van der Waals surface area contributed by atoms with E-state index in [1.165, 1.54) is 22.3 Å². The lowest BCUT2D eigenvalue weighted by Crippen LogP contribution is -2.35.